The number of fused-ring (bicyclic) bond motifs is 10. The minimum Gasteiger partial charge on any atom is -0.310 e. The van der Waals surface area contributed by atoms with Gasteiger partial charge in [-0.25, -0.2) is 0 Å². The Morgan fingerprint density at radius 3 is 1.16 bits per heavy atom. The minimum absolute atomic E-state index is 0.00439. The maximum atomic E-state index is 10.2. The molecule has 2 aliphatic rings. The lowest BCUT2D eigenvalue weighted by atomic mass is 9.33. The standard InChI is InChI=1S/C104H95BN4/c1-100(2,3)74-49-53-88-84(62-74)85-63-75(101(4,5)6)50-54-89(85)107(88)90-45-31-43-80-81-44-32-46-91(99(81)106(98(80)90)79-41-29-20-30-42-79)108-92-58-71(72-55-76(102(7,8)9)61-77(56-72)103(10,11)12)48-52-86(92)105-87-51-47-70(66-33-21-16-22-34-66)57-93(87)109(95-60-73(59-94(108)96(95)105)67-35-23-17-24-36-67)97-82(68-37-25-18-26-38-68)64-78(104(13,14)15)65-83(97)69-39-27-19-28-40-69/h16-65H,1-15H3/i16D,17D,21D,22D,23D,24D,33D,34D,35D,36D. The van der Waals surface area contributed by atoms with E-state index in [4.69, 9.17) is 2.74 Å². The molecule has 2 aliphatic heterocycles. The second-order valence-corrected chi connectivity index (χ2v) is 35.1. The van der Waals surface area contributed by atoms with Crippen molar-refractivity contribution in [3.8, 4) is 67.0 Å². The fraction of sp³-hybridized carbons (Fsp3) is 0.192. The van der Waals surface area contributed by atoms with E-state index in [2.05, 4.69) is 311 Å². The fourth-order valence-corrected chi connectivity index (χ4v) is 16.9. The number of para-hydroxylation sites is 3. The summed E-state index contributed by atoms with van der Waals surface area (Å²) in [7, 11) is 0. The molecule has 0 amide bonds. The number of nitrogens with zero attached hydrogens (tertiary/aromatic N) is 4. The molecule has 0 atom stereocenters. The maximum absolute atomic E-state index is 10.2. The van der Waals surface area contributed by atoms with Crippen LogP contribution in [0.25, 0.3) is 111 Å². The van der Waals surface area contributed by atoms with E-state index in [1.165, 1.54) is 22.3 Å². The first-order valence-corrected chi connectivity index (χ1v) is 38.3. The maximum Gasteiger partial charge on any atom is 0.252 e. The molecule has 14 aromatic carbocycles. The highest BCUT2D eigenvalue weighted by Crippen LogP contribution is 2.55. The number of aromatic nitrogens is 2. The molecule has 109 heavy (non-hydrogen) atoms. The molecule has 4 heterocycles. The van der Waals surface area contributed by atoms with Crippen molar-refractivity contribution < 1.29 is 13.7 Å². The third-order valence-corrected chi connectivity index (χ3v) is 22.8. The predicted octanol–water partition coefficient (Wildman–Crippen LogP) is 26.8. The van der Waals surface area contributed by atoms with Gasteiger partial charge >= 0.3 is 0 Å². The van der Waals surface area contributed by atoms with Crippen LogP contribution in [0, 0.1) is 0 Å². The molecule has 16 aromatic rings. The second kappa shape index (κ2) is 25.5. The van der Waals surface area contributed by atoms with Gasteiger partial charge in [0, 0.05) is 61.1 Å². The van der Waals surface area contributed by atoms with E-state index in [0.29, 0.717) is 28.2 Å². The van der Waals surface area contributed by atoms with E-state index in [9.17, 15) is 11.0 Å². The highest BCUT2D eigenvalue weighted by Gasteiger charge is 2.46. The minimum atomic E-state index is -0.645. The van der Waals surface area contributed by atoms with E-state index >= 15 is 0 Å². The molecule has 2 aromatic heterocycles. The first-order valence-electron chi connectivity index (χ1n) is 43.3. The first kappa shape index (κ1) is 58.4. The van der Waals surface area contributed by atoms with E-state index in [0.717, 1.165) is 127 Å². The van der Waals surface area contributed by atoms with E-state index in [1.54, 1.807) is 0 Å². The average Bonchev–Trinajstić information content (AvgIpc) is 1.51. The summed E-state index contributed by atoms with van der Waals surface area (Å²) in [5.74, 6) is 0. The van der Waals surface area contributed by atoms with Gasteiger partial charge in [-0.2, -0.15) is 0 Å². The van der Waals surface area contributed by atoms with Crippen LogP contribution in [-0.2, 0) is 27.1 Å². The van der Waals surface area contributed by atoms with Crippen molar-refractivity contribution >= 4 is 101 Å². The molecular formula is C104H95BN4. The quantitative estimate of drug-likeness (QED) is 0.134. The molecule has 4 nitrogen and oxygen atoms in total. The van der Waals surface area contributed by atoms with Gasteiger partial charge in [0.1, 0.15) is 0 Å². The van der Waals surface area contributed by atoms with Gasteiger partial charge in [-0.1, -0.05) is 322 Å². The van der Waals surface area contributed by atoms with Crippen LogP contribution in [0.3, 0.4) is 0 Å². The van der Waals surface area contributed by atoms with Crippen LogP contribution < -0.4 is 26.2 Å². The topological polar surface area (TPSA) is 16.3 Å². The van der Waals surface area contributed by atoms with Gasteiger partial charge in [-0.05, 0) is 201 Å². The third kappa shape index (κ3) is 11.7. The number of anilines is 6. The van der Waals surface area contributed by atoms with Crippen molar-refractivity contribution in [2.75, 3.05) is 9.80 Å². The Morgan fingerprint density at radius 2 is 0.670 bits per heavy atom. The van der Waals surface area contributed by atoms with E-state index in [1.807, 2.05) is 54.6 Å². The summed E-state index contributed by atoms with van der Waals surface area (Å²) >= 11 is 0. The first-order chi connectivity index (χ1) is 56.4. The Hall–Kier alpha value is -11.7. The number of benzene rings is 14. The molecular weight excluding hydrogens is 1320 g/mol. The van der Waals surface area contributed by atoms with Crippen LogP contribution >= 0.6 is 0 Å². The molecule has 0 spiro atoms. The summed E-state index contributed by atoms with van der Waals surface area (Å²) in [6.07, 6.45) is 0. The molecule has 18 rings (SSSR count). The fourth-order valence-electron chi connectivity index (χ4n) is 16.9. The summed E-state index contributed by atoms with van der Waals surface area (Å²) in [5, 5.41) is 4.32. The van der Waals surface area contributed by atoms with Crippen LogP contribution in [0.15, 0.2) is 303 Å². The van der Waals surface area contributed by atoms with Gasteiger partial charge in [0.05, 0.1) is 52.8 Å². The Bertz CT molecular complexity index is 6730. The summed E-state index contributed by atoms with van der Waals surface area (Å²) in [6.45, 7) is 33.2. The Morgan fingerprint density at radius 1 is 0.266 bits per heavy atom. The Labute approximate surface area is 658 Å². The molecule has 0 unspecified atom stereocenters. The van der Waals surface area contributed by atoms with Crippen LogP contribution in [-0.4, -0.2) is 15.8 Å². The van der Waals surface area contributed by atoms with Crippen molar-refractivity contribution in [1.82, 2.24) is 9.13 Å². The van der Waals surface area contributed by atoms with Crippen molar-refractivity contribution in [2.45, 2.75) is 131 Å². The summed E-state index contributed by atoms with van der Waals surface area (Å²) in [4.78, 5) is 4.68. The van der Waals surface area contributed by atoms with Gasteiger partial charge in [-0.3, -0.25) is 0 Å². The zero-order valence-electron chi connectivity index (χ0n) is 75.0. The van der Waals surface area contributed by atoms with Gasteiger partial charge in [-0.15, -0.1) is 0 Å². The predicted molar refractivity (Wildman–Crippen MR) is 470 cm³/mol. The molecule has 0 N–H and O–H groups in total. The highest BCUT2D eigenvalue weighted by molar-refractivity contribution is 7.00. The molecule has 0 radical (unpaired) electrons. The molecule has 0 saturated carbocycles. The molecule has 0 bridgehead atoms. The molecule has 5 heteroatoms. The number of hydrogen-bond acceptors (Lipinski definition) is 2. The highest BCUT2D eigenvalue weighted by atomic mass is 15.2. The SMILES string of the molecule is [2H]c1c([2H])c([2H])c(-c2ccc3c(c2)N(c2c(-c4ccccc4)cc(C(C)(C)C)cc2-c2ccccc2)c2cc(-c4c([2H])c([2H])c([2H])c([2H])c4[2H])cc4c2B3c2ccc(-c3cc(C(C)(C)C)cc(C(C)(C)C)c3)cc2N4c2cccc3c4cccc(-n5c6ccc(C(C)(C)C)cc6c6cc(C(C)(C)C)ccc65)c4n(-c4ccccc4)c23)c([2H])c1[2H]. The van der Waals surface area contributed by atoms with Crippen LogP contribution in [0.5, 0.6) is 0 Å². The largest absolute Gasteiger partial charge is 0.310 e. The lowest BCUT2D eigenvalue weighted by molar-refractivity contribution is 0.569. The summed E-state index contributed by atoms with van der Waals surface area (Å²) in [6, 6.07) is 82.7. The van der Waals surface area contributed by atoms with E-state index in [-0.39, 0.29) is 57.0 Å². The smallest absolute Gasteiger partial charge is 0.252 e. The third-order valence-electron chi connectivity index (χ3n) is 22.8. The monoisotopic (exact) mass is 1420 g/mol. The van der Waals surface area contributed by atoms with Crippen molar-refractivity contribution in [2.24, 2.45) is 0 Å². The van der Waals surface area contributed by atoms with Crippen LogP contribution in [0.1, 0.15) is 145 Å². The number of rotatable bonds is 9. The van der Waals surface area contributed by atoms with E-state index < -0.39 is 48.4 Å². The second-order valence-electron chi connectivity index (χ2n) is 35.1. The zero-order valence-corrected chi connectivity index (χ0v) is 65.0. The van der Waals surface area contributed by atoms with Crippen LogP contribution in [0.4, 0.5) is 34.1 Å². The van der Waals surface area contributed by atoms with Gasteiger partial charge in [0.2, 0.25) is 0 Å². The lowest BCUT2D eigenvalue weighted by Crippen LogP contribution is -2.61. The van der Waals surface area contributed by atoms with Gasteiger partial charge in [0.15, 0.2) is 0 Å². The molecule has 534 valence electrons. The van der Waals surface area contributed by atoms with Gasteiger partial charge in [0.25, 0.3) is 6.71 Å². The Balaban J connectivity index is 1.05. The van der Waals surface area contributed by atoms with Crippen molar-refractivity contribution in [3.63, 3.8) is 0 Å². The molecule has 0 fully saturated rings. The van der Waals surface area contributed by atoms with Gasteiger partial charge < -0.3 is 18.9 Å². The lowest BCUT2D eigenvalue weighted by Gasteiger charge is -2.45. The zero-order chi connectivity index (χ0) is 84.1. The summed E-state index contributed by atoms with van der Waals surface area (Å²) < 4.78 is 100. The van der Waals surface area contributed by atoms with Crippen molar-refractivity contribution in [1.29, 1.82) is 0 Å². The average molecular weight is 1420 g/mol. The number of hydrogen-bond donors (Lipinski definition) is 0. The summed E-state index contributed by atoms with van der Waals surface area (Å²) in [5.41, 5.74) is 23.9. The van der Waals surface area contributed by atoms with Crippen LogP contribution in [0.2, 0.25) is 0 Å². The normalized spacial score (nSPS) is 14.5. The van der Waals surface area contributed by atoms with Crippen molar-refractivity contribution in [3.05, 3.63) is 331 Å². The molecule has 0 saturated heterocycles. The Kier molecular flexibility index (Phi) is 13.7. The molecule has 0 aliphatic carbocycles.